The van der Waals surface area contributed by atoms with Crippen molar-refractivity contribution >= 4 is 40.0 Å². The second kappa shape index (κ2) is 10.3. The van der Waals surface area contributed by atoms with Gasteiger partial charge in [0, 0.05) is 44.2 Å². The fraction of sp³-hybridized carbons (Fsp3) is 0.947. The van der Waals surface area contributed by atoms with Crippen LogP contribution >= 0.6 is 24.0 Å². The first-order valence-corrected chi connectivity index (χ1v) is 12.2. The van der Waals surface area contributed by atoms with Crippen LogP contribution in [0, 0.1) is 5.41 Å². The van der Waals surface area contributed by atoms with Crippen molar-refractivity contribution in [3.8, 4) is 0 Å². The second-order valence-corrected chi connectivity index (χ2v) is 10.4. The Balaban J connectivity index is 0.00000280. The minimum atomic E-state index is -3.07. The van der Waals surface area contributed by atoms with Gasteiger partial charge in [0.2, 0.25) is 10.0 Å². The Hall–Kier alpha value is -0.130. The summed E-state index contributed by atoms with van der Waals surface area (Å²) in [4.78, 5) is 4.44. The molecule has 1 saturated heterocycles. The van der Waals surface area contributed by atoms with Crippen molar-refractivity contribution in [3.63, 3.8) is 0 Å². The summed E-state index contributed by atoms with van der Waals surface area (Å²) in [5.41, 5.74) is 0.270. The maximum atomic E-state index is 12.0. The lowest BCUT2D eigenvalue weighted by molar-refractivity contribution is -0.125. The Kier molecular flexibility index (Phi) is 8.84. The predicted octanol–water partition coefficient (Wildman–Crippen LogP) is 2.32. The van der Waals surface area contributed by atoms with Crippen LogP contribution in [-0.2, 0) is 14.8 Å². The number of guanidine groups is 1. The molecular formula is C19H37IN4O3S. The zero-order valence-electron chi connectivity index (χ0n) is 17.4. The molecule has 2 saturated carbocycles. The quantitative estimate of drug-likeness (QED) is 0.314. The van der Waals surface area contributed by atoms with E-state index in [-0.39, 0.29) is 41.2 Å². The Morgan fingerprint density at radius 2 is 1.82 bits per heavy atom. The largest absolute Gasteiger partial charge is 0.378 e. The molecular weight excluding hydrogens is 491 g/mol. The molecule has 3 fully saturated rings. The molecule has 164 valence electrons. The van der Waals surface area contributed by atoms with Crippen molar-refractivity contribution < 1.29 is 13.2 Å². The van der Waals surface area contributed by atoms with Crippen molar-refractivity contribution in [3.05, 3.63) is 0 Å². The Morgan fingerprint density at radius 1 is 1.18 bits per heavy atom. The van der Waals surface area contributed by atoms with E-state index in [0.29, 0.717) is 25.2 Å². The first-order chi connectivity index (χ1) is 12.9. The summed E-state index contributed by atoms with van der Waals surface area (Å²) in [5, 5.41) is 7.18. The first kappa shape index (κ1) is 24.1. The molecule has 0 aromatic heterocycles. The third-order valence-electron chi connectivity index (χ3n) is 6.77. The summed E-state index contributed by atoms with van der Waals surface area (Å²) < 4.78 is 31.7. The van der Waals surface area contributed by atoms with E-state index in [4.69, 9.17) is 4.74 Å². The van der Waals surface area contributed by atoms with Gasteiger partial charge in [0.1, 0.15) is 0 Å². The molecule has 0 radical (unpaired) electrons. The van der Waals surface area contributed by atoms with Crippen molar-refractivity contribution in [1.82, 2.24) is 14.9 Å². The zero-order chi connectivity index (χ0) is 19.5. The number of hydrogen-bond donors (Lipinski definition) is 2. The number of piperidine rings is 1. The molecule has 0 amide bonds. The maximum absolute atomic E-state index is 12.0. The fourth-order valence-electron chi connectivity index (χ4n) is 5.08. The van der Waals surface area contributed by atoms with E-state index in [9.17, 15) is 8.42 Å². The monoisotopic (exact) mass is 528 g/mol. The van der Waals surface area contributed by atoms with Gasteiger partial charge in [-0.2, -0.15) is 0 Å². The van der Waals surface area contributed by atoms with Crippen LogP contribution in [0.3, 0.4) is 0 Å². The van der Waals surface area contributed by atoms with E-state index < -0.39 is 10.0 Å². The molecule has 3 aliphatic rings. The molecule has 3 rings (SSSR count). The number of aliphatic imine (C=N–C) groups is 1. The molecule has 0 aromatic carbocycles. The highest BCUT2D eigenvalue weighted by Gasteiger charge is 2.57. The molecule has 1 heterocycles. The average molecular weight is 529 g/mol. The summed E-state index contributed by atoms with van der Waals surface area (Å²) >= 11 is 0. The molecule has 28 heavy (non-hydrogen) atoms. The highest BCUT2D eigenvalue weighted by molar-refractivity contribution is 14.0. The SMILES string of the molecule is CCOC1CC(NC(=NC)NC2CCN(S(=O)(=O)CC)CC2)C12CCCC2.I. The smallest absolute Gasteiger partial charge is 0.213 e. The van der Waals surface area contributed by atoms with Crippen LogP contribution in [0.5, 0.6) is 0 Å². The van der Waals surface area contributed by atoms with E-state index in [0.717, 1.165) is 31.8 Å². The molecule has 0 bridgehead atoms. The Bertz CT molecular complexity index is 629. The summed E-state index contributed by atoms with van der Waals surface area (Å²) in [5.74, 6) is 1.03. The van der Waals surface area contributed by atoms with Crippen LogP contribution in [-0.4, -0.2) is 69.4 Å². The lowest BCUT2D eigenvalue weighted by Gasteiger charge is -2.54. The van der Waals surface area contributed by atoms with Gasteiger partial charge in [-0.3, -0.25) is 4.99 Å². The average Bonchev–Trinajstić information content (AvgIpc) is 3.20. The van der Waals surface area contributed by atoms with Crippen LogP contribution in [0.1, 0.15) is 58.8 Å². The molecule has 2 aliphatic carbocycles. The van der Waals surface area contributed by atoms with E-state index in [1.54, 1.807) is 11.2 Å². The third-order valence-corrected chi connectivity index (χ3v) is 8.66. The topological polar surface area (TPSA) is 83.0 Å². The number of nitrogens with one attached hydrogen (secondary N) is 2. The van der Waals surface area contributed by atoms with Gasteiger partial charge in [0.25, 0.3) is 0 Å². The van der Waals surface area contributed by atoms with Gasteiger partial charge in [0.15, 0.2) is 5.96 Å². The lowest BCUT2D eigenvalue weighted by Crippen LogP contribution is -2.65. The van der Waals surface area contributed by atoms with Gasteiger partial charge in [-0.15, -0.1) is 24.0 Å². The molecule has 0 aromatic rings. The van der Waals surface area contributed by atoms with E-state index in [2.05, 4.69) is 22.5 Å². The van der Waals surface area contributed by atoms with Crippen molar-refractivity contribution in [2.75, 3.05) is 32.5 Å². The molecule has 2 unspecified atom stereocenters. The third kappa shape index (κ3) is 4.95. The zero-order valence-corrected chi connectivity index (χ0v) is 20.6. The molecule has 2 N–H and O–H groups in total. The van der Waals surface area contributed by atoms with Gasteiger partial charge >= 0.3 is 0 Å². The van der Waals surface area contributed by atoms with Crippen LogP contribution in [0.15, 0.2) is 4.99 Å². The lowest BCUT2D eigenvalue weighted by atomic mass is 9.60. The van der Waals surface area contributed by atoms with Crippen LogP contribution in [0.25, 0.3) is 0 Å². The number of sulfonamides is 1. The van der Waals surface area contributed by atoms with Crippen molar-refractivity contribution in [1.29, 1.82) is 0 Å². The molecule has 1 aliphatic heterocycles. The van der Waals surface area contributed by atoms with Crippen molar-refractivity contribution in [2.24, 2.45) is 10.4 Å². The predicted molar refractivity (Wildman–Crippen MR) is 124 cm³/mol. The van der Waals surface area contributed by atoms with Gasteiger partial charge in [-0.05, 0) is 46.0 Å². The van der Waals surface area contributed by atoms with Gasteiger partial charge in [-0.25, -0.2) is 12.7 Å². The molecule has 1 spiro atoms. The van der Waals surface area contributed by atoms with Crippen LogP contribution in [0.2, 0.25) is 0 Å². The summed E-state index contributed by atoms with van der Waals surface area (Å²) in [6, 6.07) is 0.685. The summed E-state index contributed by atoms with van der Waals surface area (Å²) in [6.45, 7) is 5.74. The number of halogens is 1. The van der Waals surface area contributed by atoms with Gasteiger partial charge in [-0.1, -0.05) is 12.8 Å². The minimum absolute atomic E-state index is 0. The molecule has 2 atom stereocenters. The molecule has 7 nitrogen and oxygen atoms in total. The minimum Gasteiger partial charge on any atom is -0.378 e. The van der Waals surface area contributed by atoms with Crippen LogP contribution < -0.4 is 10.6 Å². The summed E-state index contributed by atoms with van der Waals surface area (Å²) in [7, 11) is -1.26. The number of rotatable bonds is 6. The van der Waals surface area contributed by atoms with Crippen LogP contribution in [0.4, 0.5) is 0 Å². The molecule has 9 heteroatoms. The van der Waals surface area contributed by atoms with E-state index in [1.807, 2.05) is 7.05 Å². The van der Waals surface area contributed by atoms with Gasteiger partial charge in [0.05, 0.1) is 11.9 Å². The van der Waals surface area contributed by atoms with Crippen molar-refractivity contribution in [2.45, 2.75) is 77.0 Å². The maximum Gasteiger partial charge on any atom is 0.213 e. The highest BCUT2D eigenvalue weighted by atomic mass is 127. The first-order valence-electron chi connectivity index (χ1n) is 10.5. The highest BCUT2D eigenvalue weighted by Crippen LogP contribution is 2.54. The number of hydrogen-bond acceptors (Lipinski definition) is 4. The number of nitrogens with zero attached hydrogens (tertiary/aromatic N) is 2. The van der Waals surface area contributed by atoms with E-state index in [1.165, 1.54) is 25.7 Å². The summed E-state index contributed by atoms with van der Waals surface area (Å²) in [6.07, 6.45) is 8.11. The number of ether oxygens (including phenoxy) is 1. The van der Waals surface area contributed by atoms with Gasteiger partial charge < -0.3 is 15.4 Å². The Labute approximate surface area is 187 Å². The van der Waals surface area contributed by atoms with E-state index >= 15 is 0 Å². The Morgan fingerprint density at radius 3 is 2.36 bits per heavy atom. The standard InChI is InChI=1S/C19H36N4O3S.HI/c1-4-26-17-14-16(19(17)10-6-7-11-19)22-18(20-3)21-15-8-12-23(13-9-15)27(24,25)5-2;/h15-17H,4-14H2,1-3H3,(H2,20,21,22);1H. The fourth-order valence-corrected chi connectivity index (χ4v) is 6.21. The second-order valence-electron chi connectivity index (χ2n) is 8.11. The normalized spacial score (nSPS) is 28.6.